The maximum absolute atomic E-state index is 12.7. The largest absolute Gasteiger partial charge is 0.493 e. The van der Waals surface area contributed by atoms with E-state index in [1.807, 2.05) is 0 Å². The van der Waals surface area contributed by atoms with Crippen molar-refractivity contribution in [2.75, 3.05) is 7.11 Å². The highest BCUT2D eigenvalue weighted by Crippen LogP contribution is 2.35. The average molecular weight is 458 g/mol. The third kappa shape index (κ3) is 5.06. The highest BCUT2D eigenvalue weighted by atomic mass is 32.2. The molecular weight excluding hydrogens is 440 g/mol. The molecule has 1 fully saturated rings. The van der Waals surface area contributed by atoms with Crippen LogP contribution in [0.15, 0.2) is 47.4 Å². The molecular formula is C21H18N2O8S. The Morgan fingerprint density at radius 2 is 2.00 bits per heavy atom. The Morgan fingerprint density at radius 3 is 2.66 bits per heavy atom. The minimum Gasteiger partial charge on any atom is -0.493 e. The van der Waals surface area contributed by atoms with Crippen LogP contribution in [0.4, 0.5) is 10.5 Å². The zero-order chi connectivity index (χ0) is 23.4. The first-order valence-corrected chi connectivity index (χ1v) is 10.1. The summed E-state index contributed by atoms with van der Waals surface area (Å²) in [5, 5.41) is 19.4. The number of carboxylic acids is 1. The second kappa shape index (κ2) is 9.52. The fourth-order valence-corrected chi connectivity index (χ4v) is 3.69. The predicted molar refractivity (Wildman–Crippen MR) is 115 cm³/mol. The number of aliphatic carboxylic acids is 1. The molecule has 1 saturated heterocycles. The second-order valence-electron chi connectivity index (χ2n) is 6.70. The number of hydrogen-bond acceptors (Lipinski definition) is 8. The SMILES string of the molecule is COc1cc(/C=C2\SC(=O)N(Cc3cccc([N+](=O)[O-])c3)C2=O)ccc1O[C@@H](C)C(=O)O. The first kappa shape index (κ1) is 22.8. The van der Waals surface area contributed by atoms with Gasteiger partial charge in [-0.15, -0.1) is 0 Å². The topological polar surface area (TPSA) is 136 Å². The molecule has 2 aromatic carbocycles. The van der Waals surface area contributed by atoms with Gasteiger partial charge >= 0.3 is 5.97 Å². The van der Waals surface area contributed by atoms with Gasteiger partial charge in [-0.2, -0.15) is 0 Å². The number of amides is 2. The van der Waals surface area contributed by atoms with Crippen molar-refractivity contribution in [1.29, 1.82) is 0 Å². The van der Waals surface area contributed by atoms with Gasteiger partial charge in [-0.05, 0) is 48.0 Å². The Balaban J connectivity index is 1.80. The summed E-state index contributed by atoms with van der Waals surface area (Å²) in [5.41, 5.74) is 0.869. The van der Waals surface area contributed by atoms with Crippen LogP contribution in [0.5, 0.6) is 11.5 Å². The third-order valence-corrected chi connectivity index (χ3v) is 5.38. The molecule has 0 radical (unpaired) electrons. The van der Waals surface area contributed by atoms with Gasteiger partial charge < -0.3 is 14.6 Å². The normalized spacial score (nSPS) is 15.7. The van der Waals surface area contributed by atoms with Gasteiger partial charge in [-0.25, -0.2) is 4.79 Å². The van der Waals surface area contributed by atoms with Gasteiger partial charge in [0.15, 0.2) is 17.6 Å². The number of nitro benzene ring substituents is 1. The minimum absolute atomic E-state index is 0.0904. The van der Waals surface area contributed by atoms with Gasteiger partial charge in [0.1, 0.15) is 0 Å². The monoisotopic (exact) mass is 458 g/mol. The van der Waals surface area contributed by atoms with Gasteiger partial charge in [0.05, 0.1) is 23.5 Å². The van der Waals surface area contributed by atoms with E-state index in [0.29, 0.717) is 11.1 Å². The van der Waals surface area contributed by atoms with E-state index in [2.05, 4.69) is 0 Å². The fraction of sp³-hybridized carbons (Fsp3) is 0.190. The Bertz CT molecular complexity index is 1130. The molecule has 0 saturated carbocycles. The number of carbonyl (C=O) groups excluding carboxylic acids is 2. The summed E-state index contributed by atoms with van der Waals surface area (Å²) in [6.45, 7) is 1.29. The van der Waals surface area contributed by atoms with Crippen molar-refractivity contribution in [3.63, 3.8) is 0 Å². The number of rotatable bonds is 8. The zero-order valence-corrected chi connectivity index (χ0v) is 17.8. The highest BCUT2D eigenvalue weighted by Gasteiger charge is 2.35. The molecule has 1 N–H and O–H groups in total. The number of carbonyl (C=O) groups is 3. The molecule has 0 unspecified atom stereocenters. The summed E-state index contributed by atoms with van der Waals surface area (Å²) in [6, 6.07) is 10.4. The number of imide groups is 1. The summed E-state index contributed by atoms with van der Waals surface area (Å²) >= 11 is 0.753. The number of thioether (sulfide) groups is 1. The molecule has 2 aromatic rings. The number of methoxy groups -OCH3 is 1. The van der Waals surface area contributed by atoms with E-state index >= 15 is 0 Å². The Morgan fingerprint density at radius 1 is 1.25 bits per heavy atom. The lowest BCUT2D eigenvalue weighted by molar-refractivity contribution is -0.384. The quantitative estimate of drug-likeness (QED) is 0.357. The summed E-state index contributed by atoms with van der Waals surface area (Å²) in [7, 11) is 1.39. The third-order valence-electron chi connectivity index (χ3n) is 4.47. The van der Waals surface area contributed by atoms with Crippen LogP contribution in [0, 0.1) is 10.1 Å². The van der Waals surface area contributed by atoms with Gasteiger partial charge in [0.2, 0.25) is 0 Å². The molecule has 3 rings (SSSR count). The fourth-order valence-electron chi connectivity index (χ4n) is 2.85. The van der Waals surface area contributed by atoms with E-state index in [9.17, 15) is 24.5 Å². The molecule has 10 nitrogen and oxygen atoms in total. The lowest BCUT2D eigenvalue weighted by atomic mass is 10.1. The summed E-state index contributed by atoms with van der Waals surface area (Å²) < 4.78 is 10.6. The van der Waals surface area contributed by atoms with Crippen molar-refractivity contribution in [2.24, 2.45) is 0 Å². The summed E-state index contributed by atoms with van der Waals surface area (Å²) in [6.07, 6.45) is 0.422. The molecule has 11 heteroatoms. The van der Waals surface area contributed by atoms with Gasteiger partial charge in [-0.3, -0.25) is 24.6 Å². The van der Waals surface area contributed by atoms with Crippen molar-refractivity contribution in [1.82, 2.24) is 4.90 Å². The summed E-state index contributed by atoms with van der Waals surface area (Å²) in [4.78, 5) is 47.7. The first-order valence-electron chi connectivity index (χ1n) is 9.25. The van der Waals surface area contributed by atoms with Crippen LogP contribution < -0.4 is 9.47 Å². The number of carboxylic acid groups (broad SMARTS) is 1. The van der Waals surface area contributed by atoms with Gasteiger partial charge in [0.25, 0.3) is 16.8 Å². The molecule has 0 aromatic heterocycles. The maximum atomic E-state index is 12.7. The zero-order valence-electron chi connectivity index (χ0n) is 17.0. The Labute approximate surface area is 186 Å². The predicted octanol–water partition coefficient (Wildman–Crippen LogP) is 3.69. The number of benzene rings is 2. The molecule has 2 amide bonds. The molecule has 1 aliphatic rings. The number of non-ortho nitro benzene ring substituents is 1. The van der Waals surface area contributed by atoms with Gasteiger partial charge in [0, 0.05) is 12.1 Å². The van der Waals surface area contributed by atoms with Crippen molar-refractivity contribution < 1.29 is 33.9 Å². The van der Waals surface area contributed by atoms with Crippen LogP contribution in [-0.2, 0) is 16.1 Å². The van der Waals surface area contributed by atoms with Gasteiger partial charge in [-0.1, -0.05) is 18.2 Å². The van der Waals surface area contributed by atoms with Crippen LogP contribution in [0.1, 0.15) is 18.1 Å². The van der Waals surface area contributed by atoms with E-state index in [-0.39, 0.29) is 28.6 Å². The number of nitro groups is 1. The molecule has 1 heterocycles. The maximum Gasteiger partial charge on any atom is 0.344 e. The lowest BCUT2D eigenvalue weighted by Crippen LogP contribution is -2.27. The molecule has 0 aliphatic carbocycles. The molecule has 0 spiro atoms. The second-order valence-corrected chi connectivity index (χ2v) is 7.70. The van der Waals surface area contributed by atoms with Crippen LogP contribution in [0.3, 0.4) is 0 Å². The first-order chi connectivity index (χ1) is 15.2. The number of ether oxygens (including phenoxy) is 2. The minimum atomic E-state index is -1.13. The standard InChI is InChI=1S/C21H18N2O8S/c1-12(20(25)26)31-16-7-6-13(9-17(16)30-2)10-18-19(24)22(21(27)32-18)11-14-4-3-5-15(8-14)23(28)29/h3-10,12H,11H2,1-2H3,(H,25,26)/b18-10-/t12-/m0/s1. The van der Waals surface area contributed by atoms with E-state index in [4.69, 9.17) is 14.6 Å². The van der Waals surface area contributed by atoms with Crippen LogP contribution in [0.25, 0.3) is 6.08 Å². The highest BCUT2D eigenvalue weighted by molar-refractivity contribution is 8.18. The Hall–Kier alpha value is -3.86. The van der Waals surface area contributed by atoms with Crippen LogP contribution in [-0.4, -0.2) is 45.3 Å². The number of nitrogens with zero attached hydrogens (tertiary/aromatic N) is 2. The van der Waals surface area contributed by atoms with Crippen molar-refractivity contribution >= 4 is 40.6 Å². The van der Waals surface area contributed by atoms with E-state index in [1.165, 1.54) is 44.4 Å². The molecule has 166 valence electrons. The van der Waals surface area contributed by atoms with E-state index in [1.54, 1.807) is 18.2 Å². The van der Waals surface area contributed by atoms with Crippen LogP contribution in [0.2, 0.25) is 0 Å². The van der Waals surface area contributed by atoms with E-state index in [0.717, 1.165) is 16.7 Å². The summed E-state index contributed by atoms with van der Waals surface area (Å²) in [5.74, 6) is -1.17. The van der Waals surface area contributed by atoms with Crippen molar-refractivity contribution in [3.8, 4) is 11.5 Å². The molecule has 32 heavy (non-hydrogen) atoms. The lowest BCUT2D eigenvalue weighted by Gasteiger charge is -2.14. The average Bonchev–Trinajstić information content (AvgIpc) is 3.02. The van der Waals surface area contributed by atoms with Crippen molar-refractivity contribution in [2.45, 2.75) is 19.6 Å². The number of hydrogen-bond donors (Lipinski definition) is 1. The Kier molecular flexibility index (Phi) is 6.79. The molecule has 1 atom stereocenters. The van der Waals surface area contributed by atoms with Crippen molar-refractivity contribution in [3.05, 3.63) is 68.6 Å². The smallest absolute Gasteiger partial charge is 0.344 e. The molecule has 0 bridgehead atoms. The van der Waals surface area contributed by atoms with E-state index < -0.39 is 28.1 Å². The van der Waals surface area contributed by atoms with Crippen LogP contribution >= 0.6 is 11.8 Å². The molecule has 1 aliphatic heterocycles.